The highest BCUT2D eigenvalue weighted by atomic mass is 32.2. The van der Waals surface area contributed by atoms with Gasteiger partial charge in [0.25, 0.3) is 10.1 Å². The topological polar surface area (TPSA) is 104 Å². The van der Waals surface area contributed by atoms with Gasteiger partial charge in [0.1, 0.15) is 10.6 Å². The van der Waals surface area contributed by atoms with E-state index in [0.29, 0.717) is 16.5 Å². The fraction of sp³-hybridized carbons (Fsp3) is 0.154. The van der Waals surface area contributed by atoms with Gasteiger partial charge in [0, 0.05) is 17.9 Å². The van der Waals surface area contributed by atoms with Crippen molar-refractivity contribution in [1.29, 1.82) is 0 Å². The number of hydrogen-bond acceptors (Lipinski definition) is 4. The van der Waals surface area contributed by atoms with Gasteiger partial charge in [-0.2, -0.15) is 8.42 Å². The molecule has 0 aromatic heterocycles. The summed E-state index contributed by atoms with van der Waals surface area (Å²) in [7, 11) is -4.43. The molecule has 2 aromatic rings. The molecule has 1 amide bonds. The van der Waals surface area contributed by atoms with E-state index in [1.54, 1.807) is 18.2 Å². The van der Waals surface area contributed by atoms with Crippen LogP contribution in [0.2, 0.25) is 0 Å². The van der Waals surface area contributed by atoms with Gasteiger partial charge in [-0.25, -0.2) is 0 Å². The van der Waals surface area contributed by atoms with Crippen molar-refractivity contribution in [2.45, 2.75) is 18.7 Å². The molecule has 7 heteroatoms. The highest BCUT2D eigenvalue weighted by Gasteiger charge is 2.20. The van der Waals surface area contributed by atoms with Crippen molar-refractivity contribution in [2.24, 2.45) is 0 Å². The lowest BCUT2D eigenvalue weighted by Gasteiger charge is -2.13. The molecule has 0 aliphatic carbocycles. The summed E-state index contributed by atoms with van der Waals surface area (Å²) in [6.07, 6.45) is 0. The van der Waals surface area contributed by atoms with E-state index < -0.39 is 10.1 Å². The number of phenolic OH excluding ortho intramolecular Hbond substituents is 1. The Morgan fingerprint density at radius 1 is 1.30 bits per heavy atom. The van der Waals surface area contributed by atoms with Crippen molar-refractivity contribution in [3.63, 3.8) is 0 Å². The van der Waals surface area contributed by atoms with Crippen molar-refractivity contribution in [2.75, 3.05) is 5.32 Å². The second kappa shape index (κ2) is 4.77. The van der Waals surface area contributed by atoms with E-state index in [0.717, 1.165) is 0 Å². The Balaban J connectivity index is 2.87. The number of benzene rings is 2. The lowest BCUT2D eigenvalue weighted by Crippen LogP contribution is -2.07. The summed E-state index contributed by atoms with van der Waals surface area (Å²) in [5, 5.41) is 13.5. The van der Waals surface area contributed by atoms with Crippen LogP contribution in [0, 0.1) is 6.92 Å². The number of fused-ring (bicyclic) bond motifs is 1. The summed E-state index contributed by atoms with van der Waals surface area (Å²) in [4.78, 5) is 10.8. The summed E-state index contributed by atoms with van der Waals surface area (Å²) in [6, 6.07) is 6.03. The SMILES string of the molecule is CC(=O)Nc1cccc2cc(S(=O)(=O)O)c(C)c(O)c12. The normalized spacial score (nSPS) is 11.6. The van der Waals surface area contributed by atoms with Crippen LogP contribution in [0.25, 0.3) is 10.8 Å². The Morgan fingerprint density at radius 2 is 1.95 bits per heavy atom. The molecule has 0 saturated heterocycles. The van der Waals surface area contributed by atoms with Crippen LogP contribution in [0.4, 0.5) is 5.69 Å². The molecule has 0 radical (unpaired) electrons. The van der Waals surface area contributed by atoms with Gasteiger partial charge in [0.15, 0.2) is 0 Å². The lowest BCUT2D eigenvalue weighted by atomic mass is 10.0. The third-order valence-electron chi connectivity index (χ3n) is 2.93. The molecule has 0 fully saturated rings. The molecule has 0 unspecified atom stereocenters. The first-order chi connectivity index (χ1) is 9.21. The maximum absolute atomic E-state index is 11.3. The fourth-order valence-electron chi connectivity index (χ4n) is 2.07. The van der Waals surface area contributed by atoms with Crippen molar-refractivity contribution < 1.29 is 22.9 Å². The fourth-order valence-corrected chi connectivity index (χ4v) is 2.83. The molecule has 20 heavy (non-hydrogen) atoms. The molecule has 0 atom stereocenters. The second-order valence-corrected chi connectivity index (χ2v) is 5.80. The zero-order chi connectivity index (χ0) is 15.1. The van der Waals surface area contributed by atoms with E-state index in [1.165, 1.54) is 19.9 Å². The van der Waals surface area contributed by atoms with Crippen LogP contribution < -0.4 is 5.32 Å². The third kappa shape index (κ3) is 2.45. The van der Waals surface area contributed by atoms with Gasteiger partial charge in [0.05, 0.1) is 5.69 Å². The first-order valence-corrected chi connectivity index (χ1v) is 7.16. The number of carbonyl (C=O) groups is 1. The predicted octanol–water partition coefficient (Wildman–Crippen LogP) is 2.06. The van der Waals surface area contributed by atoms with Crippen LogP contribution in [-0.4, -0.2) is 24.0 Å². The Bertz CT molecular complexity index is 811. The van der Waals surface area contributed by atoms with Gasteiger partial charge < -0.3 is 10.4 Å². The molecule has 106 valence electrons. The molecule has 2 aromatic carbocycles. The smallest absolute Gasteiger partial charge is 0.294 e. The third-order valence-corrected chi connectivity index (χ3v) is 3.91. The van der Waals surface area contributed by atoms with Gasteiger partial charge >= 0.3 is 0 Å². The molecular weight excluding hydrogens is 282 g/mol. The van der Waals surface area contributed by atoms with Crippen LogP contribution >= 0.6 is 0 Å². The van der Waals surface area contributed by atoms with Gasteiger partial charge in [-0.1, -0.05) is 12.1 Å². The van der Waals surface area contributed by atoms with Gasteiger partial charge in [0.2, 0.25) is 5.91 Å². The first-order valence-electron chi connectivity index (χ1n) is 5.72. The Morgan fingerprint density at radius 3 is 2.50 bits per heavy atom. The minimum absolute atomic E-state index is 0.0257. The molecule has 0 spiro atoms. The number of aromatic hydroxyl groups is 1. The zero-order valence-corrected chi connectivity index (χ0v) is 11.7. The van der Waals surface area contributed by atoms with Crippen LogP contribution in [0.15, 0.2) is 29.2 Å². The molecule has 0 aliphatic rings. The van der Waals surface area contributed by atoms with Crippen molar-refractivity contribution in [3.8, 4) is 5.75 Å². The maximum atomic E-state index is 11.3. The van der Waals surface area contributed by atoms with Crippen LogP contribution in [0.1, 0.15) is 12.5 Å². The van der Waals surface area contributed by atoms with Gasteiger partial charge in [-0.15, -0.1) is 0 Å². The zero-order valence-electron chi connectivity index (χ0n) is 10.8. The summed E-state index contributed by atoms with van der Waals surface area (Å²) >= 11 is 0. The summed E-state index contributed by atoms with van der Waals surface area (Å²) in [5.74, 6) is -0.604. The highest BCUT2D eigenvalue weighted by Crippen LogP contribution is 2.37. The predicted molar refractivity (Wildman–Crippen MR) is 74.5 cm³/mol. The summed E-state index contributed by atoms with van der Waals surface area (Å²) < 4.78 is 31.7. The molecule has 2 rings (SSSR count). The minimum Gasteiger partial charge on any atom is -0.507 e. The largest absolute Gasteiger partial charge is 0.507 e. The molecule has 6 nitrogen and oxygen atoms in total. The van der Waals surface area contributed by atoms with Crippen molar-refractivity contribution >= 4 is 32.5 Å². The van der Waals surface area contributed by atoms with E-state index in [2.05, 4.69) is 5.32 Å². The van der Waals surface area contributed by atoms with Crippen LogP contribution in [0.3, 0.4) is 0 Å². The number of carbonyl (C=O) groups excluding carboxylic acids is 1. The van der Waals surface area contributed by atoms with E-state index in [9.17, 15) is 18.3 Å². The number of rotatable bonds is 2. The molecule has 0 saturated carbocycles. The number of hydrogen-bond donors (Lipinski definition) is 3. The maximum Gasteiger partial charge on any atom is 0.294 e. The molecule has 0 aliphatic heterocycles. The molecule has 0 bridgehead atoms. The quantitative estimate of drug-likeness (QED) is 0.736. The molecule has 0 heterocycles. The van der Waals surface area contributed by atoms with E-state index in [4.69, 9.17) is 4.55 Å². The van der Waals surface area contributed by atoms with E-state index >= 15 is 0 Å². The highest BCUT2D eigenvalue weighted by molar-refractivity contribution is 7.85. The molecule has 3 N–H and O–H groups in total. The summed E-state index contributed by atoms with van der Waals surface area (Å²) in [6.45, 7) is 2.71. The lowest BCUT2D eigenvalue weighted by molar-refractivity contribution is -0.114. The Labute approximate surface area is 115 Å². The molecular formula is C13H13NO5S. The van der Waals surface area contributed by atoms with Gasteiger partial charge in [-0.3, -0.25) is 9.35 Å². The Kier molecular flexibility index (Phi) is 3.41. The minimum atomic E-state index is -4.43. The van der Waals surface area contributed by atoms with E-state index in [-0.39, 0.29) is 22.1 Å². The van der Waals surface area contributed by atoms with Crippen LogP contribution in [-0.2, 0) is 14.9 Å². The number of amides is 1. The summed E-state index contributed by atoms with van der Waals surface area (Å²) in [5.41, 5.74) is 0.398. The monoisotopic (exact) mass is 295 g/mol. The van der Waals surface area contributed by atoms with Crippen molar-refractivity contribution in [3.05, 3.63) is 29.8 Å². The van der Waals surface area contributed by atoms with E-state index in [1.807, 2.05) is 0 Å². The number of nitrogens with one attached hydrogen (secondary N) is 1. The average Bonchev–Trinajstić information content (AvgIpc) is 2.31. The number of phenols is 1. The average molecular weight is 295 g/mol. The standard InChI is InChI=1S/C13H13NO5S/c1-7-11(20(17,18)19)6-9-4-3-5-10(14-8(2)15)12(9)13(7)16/h3-6,16H,1-2H3,(H,14,15)(H,17,18,19). The first kappa shape index (κ1) is 14.3. The number of anilines is 1. The Hall–Kier alpha value is -2.12. The van der Waals surface area contributed by atoms with Crippen molar-refractivity contribution in [1.82, 2.24) is 0 Å². The van der Waals surface area contributed by atoms with Crippen LogP contribution in [0.5, 0.6) is 5.75 Å². The van der Waals surface area contributed by atoms with Gasteiger partial charge in [-0.05, 0) is 24.4 Å². The second-order valence-electron chi connectivity index (χ2n) is 4.41.